The van der Waals surface area contributed by atoms with Gasteiger partial charge in [-0.3, -0.25) is 14.4 Å². The van der Waals surface area contributed by atoms with Crippen molar-refractivity contribution in [1.29, 1.82) is 0 Å². The van der Waals surface area contributed by atoms with Crippen LogP contribution in [0.1, 0.15) is 21.5 Å². The van der Waals surface area contributed by atoms with Crippen LogP contribution in [0.3, 0.4) is 0 Å². The van der Waals surface area contributed by atoms with Crippen LogP contribution in [0.15, 0.2) is 48.2 Å². The van der Waals surface area contributed by atoms with E-state index in [1.165, 1.54) is 0 Å². The third-order valence-corrected chi connectivity index (χ3v) is 5.19. The maximum Gasteiger partial charge on any atom is 0.291 e. The maximum atomic E-state index is 12.6. The molecule has 2 aromatic carbocycles. The number of hydrogen-bond donors (Lipinski definition) is 1. The molecule has 0 saturated carbocycles. The molecular formula is C21H18N2O5S. The molecule has 0 spiro atoms. The SMILES string of the molecule is Cc1ccc2c(c1)OCN(CCOc1ccc(C=C3NC(=O)SC3=O)cc1)C2=O. The Hall–Kier alpha value is -3.26. The van der Waals surface area contributed by atoms with Crippen LogP contribution in [0.5, 0.6) is 11.5 Å². The summed E-state index contributed by atoms with van der Waals surface area (Å²) in [7, 11) is 0. The summed E-state index contributed by atoms with van der Waals surface area (Å²) in [6.07, 6.45) is 1.62. The van der Waals surface area contributed by atoms with Gasteiger partial charge >= 0.3 is 0 Å². The quantitative estimate of drug-likeness (QED) is 0.762. The van der Waals surface area contributed by atoms with Crippen molar-refractivity contribution in [2.75, 3.05) is 19.9 Å². The molecule has 0 aliphatic carbocycles. The number of hydrogen-bond acceptors (Lipinski definition) is 6. The number of ether oxygens (including phenoxy) is 2. The zero-order valence-corrected chi connectivity index (χ0v) is 16.5. The molecule has 0 unspecified atom stereocenters. The van der Waals surface area contributed by atoms with Gasteiger partial charge in [-0.15, -0.1) is 0 Å². The van der Waals surface area contributed by atoms with E-state index in [1.54, 1.807) is 41.3 Å². The molecule has 2 heterocycles. The molecule has 7 nitrogen and oxygen atoms in total. The Balaban J connectivity index is 1.32. The molecule has 2 aliphatic heterocycles. The van der Waals surface area contributed by atoms with Crippen molar-refractivity contribution < 1.29 is 23.9 Å². The van der Waals surface area contributed by atoms with Crippen molar-refractivity contribution in [2.24, 2.45) is 0 Å². The second-order valence-corrected chi connectivity index (χ2v) is 7.56. The highest BCUT2D eigenvalue weighted by atomic mass is 32.2. The van der Waals surface area contributed by atoms with Crippen LogP contribution in [0.2, 0.25) is 0 Å². The second-order valence-electron chi connectivity index (χ2n) is 6.62. The van der Waals surface area contributed by atoms with Gasteiger partial charge in [-0.25, -0.2) is 0 Å². The third kappa shape index (κ3) is 4.27. The van der Waals surface area contributed by atoms with E-state index in [0.717, 1.165) is 11.1 Å². The highest BCUT2D eigenvalue weighted by Gasteiger charge is 2.26. The Bertz CT molecular complexity index is 1020. The van der Waals surface area contributed by atoms with Crippen LogP contribution in [-0.4, -0.2) is 41.0 Å². The normalized spacial score (nSPS) is 17.2. The van der Waals surface area contributed by atoms with Crippen molar-refractivity contribution in [3.63, 3.8) is 0 Å². The van der Waals surface area contributed by atoms with Gasteiger partial charge in [0.2, 0.25) is 5.12 Å². The fraction of sp³-hybridized carbons (Fsp3) is 0.190. The number of nitrogens with zero attached hydrogens (tertiary/aromatic N) is 1. The lowest BCUT2D eigenvalue weighted by molar-refractivity contribution is -0.107. The summed E-state index contributed by atoms with van der Waals surface area (Å²) >= 11 is 0.648. The standard InChI is InChI=1S/C21H18N2O5S/c1-13-2-7-16-18(10-13)28-12-23(19(16)24)8-9-27-15-5-3-14(4-6-15)11-17-20(25)29-21(26)22-17/h2-7,10-11H,8-9,12H2,1H3,(H,22,26). The Morgan fingerprint density at radius 1 is 1.17 bits per heavy atom. The summed E-state index contributed by atoms with van der Waals surface area (Å²) in [5.74, 6) is 1.19. The fourth-order valence-corrected chi connectivity index (χ4v) is 3.54. The first-order valence-electron chi connectivity index (χ1n) is 9.00. The van der Waals surface area contributed by atoms with Crippen molar-refractivity contribution in [3.8, 4) is 11.5 Å². The minimum Gasteiger partial charge on any atom is -0.492 e. The summed E-state index contributed by atoms with van der Waals surface area (Å²) in [6.45, 7) is 2.87. The number of thioether (sulfide) groups is 1. The monoisotopic (exact) mass is 410 g/mol. The molecule has 4 rings (SSSR count). The zero-order valence-electron chi connectivity index (χ0n) is 15.6. The molecule has 2 aliphatic rings. The van der Waals surface area contributed by atoms with Gasteiger partial charge in [-0.1, -0.05) is 18.2 Å². The van der Waals surface area contributed by atoms with Crippen molar-refractivity contribution in [1.82, 2.24) is 10.2 Å². The lowest BCUT2D eigenvalue weighted by atomic mass is 10.1. The molecule has 8 heteroatoms. The molecule has 2 aromatic rings. The van der Waals surface area contributed by atoms with Gasteiger partial charge in [0, 0.05) is 11.8 Å². The van der Waals surface area contributed by atoms with Crippen LogP contribution in [-0.2, 0) is 4.79 Å². The molecule has 0 bridgehead atoms. The third-order valence-electron chi connectivity index (χ3n) is 4.49. The molecule has 1 N–H and O–H groups in total. The summed E-state index contributed by atoms with van der Waals surface area (Å²) < 4.78 is 11.4. The Morgan fingerprint density at radius 3 is 2.69 bits per heavy atom. The predicted molar refractivity (Wildman–Crippen MR) is 109 cm³/mol. The van der Waals surface area contributed by atoms with Gasteiger partial charge in [0.05, 0.1) is 17.8 Å². The van der Waals surface area contributed by atoms with Crippen LogP contribution in [0.25, 0.3) is 6.08 Å². The van der Waals surface area contributed by atoms with E-state index >= 15 is 0 Å². The highest BCUT2D eigenvalue weighted by molar-refractivity contribution is 8.27. The lowest BCUT2D eigenvalue weighted by Gasteiger charge is -2.28. The molecule has 2 amide bonds. The first-order chi connectivity index (χ1) is 14.0. The van der Waals surface area contributed by atoms with E-state index < -0.39 is 0 Å². The largest absolute Gasteiger partial charge is 0.492 e. The fourth-order valence-electron chi connectivity index (χ4n) is 2.99. The van der Waals surface area contributed by atoms with E-state index in [2.05, 4.69) is 5.32 Å². The van der Waals surface area contributed by atoms with Crippen molar-refractivity contribution in [3.05, 3.63) is 64.9 Å². The molecule has 0 atom stereocenters. The van der Waals surface area contributed by atoms with Gasteiger partial charge in [-0.2, -0.15) is 0 Å². The lowest BCUT2D eigenvalue weighted by Crippen LogP contribution is -2.41. The van der Waals surface area contributed by atoms with E-state index in [0.29, 0.717) is 42.0 Å². The topological polar surface area (TPSA) is 84.9 Å². The Morgan fingerprint density at radius 2 is 1.97 bits per heavy atom. The van der Waals surface area contributed by atoms with Gasteiger partial charge in [0.15, 0.2) is 6.73 Å². The summed E-state index contributed by atoms with van der Waals surface area (Å²) in [5, 5.41) is 1.85. The van der Waals surface area contributed by atoms with E-state index in [4.69, 9.17) is 9.47 Å². The minimum atomic E-state index is -0.366. The highest BCUT2D eigenvalue weighted by Crippen LogP contribution is 2.26. The zero-order chi connectivity index (χ0) is 20.4. The van der Waals surface area contributed by atoms with Gasteiger partial charge in [-0.05, 0) is 48.4 Å². The number of benzene rings is 2. The minimum absolute atomic E-state index is 0.0713. The molecule has 1 fully saturated rings. The van der Waals surface area contributed by atoms with E-state index in [1.807, 2.05) is 19.1 Å². The smallest absolute Gasteiger partial charge is 0.291 e. The molecule has 0 radical (unpaired) electrons. The van der Waals surface area contributed by atoms with E-state index in [9.17, 15) is 14.4 Å². The number of aryl methyl sites for hydroxylation is 1. The molecule has 1 saturated heterocycles. The molecule has 0 aromatic heterocycles. The van der Waals surface area contributed by atoms with Gasteiger partial charge < -0.3 is 19.7 Å². The number of fused-ring (bicyclic) bond motifs is 1. The first-order valence-corrected chi connectivity index (χ1v) is 9.82. The molecular weight excluding hydrogens is 392 g/mol. The first kappa shape index (κ1) is 19.1. The van der Waals surface area contributed by atoms with E-state index in [-0.39, 0.29) is 28.7 Å². The van der Waals surface area contributed by atoms with Crippen molar-refractivity contribution in [2.45, 2.75) is 6.92 Å². The average molecular weight is 410 g/mol. The molecule has 29 heavy (non-hydrogen) atoms. The van der Waals surface area contributed by atoms with Crippen LogP contribution >= 0.6 is 11.8 Å². The number of carbonyl (C=O) groups excluding carboxylic acids is 3. The summed E-state index contributed by atoms with van der Waals surface area (Å²) in [5.41, 5.74) is 2.65. The number of rotatable bonds is 5. The van der Waals surface area contributed by atoms with Crippen LogP contribution < -0.4 is 14.8 Å². The Labute approximate surface area is 171 Å². The average Bonchev–Trinajstić information content (AvgIpc) is 3.01. The molecule has 148 valence electrons. The number of carbonyl (C=O) groups is 3. The summed E-state index contributed by atoms with van der Waals surface area (Å²) in [6, 6.07) is 12.7. The maximum absolute atomic E-state index is 12.6. The van der Waals surface area contributed by atoms with Crippen LogP contribution in [0.4, 0.5) is 4.79 Å². The van der Waals surface area contributed by atoms with Gasteiger partial charge in [0.1, 0.15) is 18.1 Å². The summed E-state index contributed by atoms with van der Waals surface area (Å²) in [4.78, 5) is 37.0. The Kier molecular flexibility index (Phi) is 5.26. The van der Waals surface area contributed by atoms with Crippen molar-refractivity contribution >= 4 is 34.1 Å². The van der Waals surface area contributed by atoms with Crippen LogP contribution in [0, 0.1) is 6.92 Å². The number of nitrogens with one attached hydrogen (secondary N) is 1. The second kappa shape index (κ2) is 8.00. The van der Waals surface area contributed by atoms with Gasteiger partial charge in [0.25, 0.3) is 11.1 Å². The number of amides is 2. The predicted octanol–water partition coefficient (Wildman–Crippen LogP) is 3.19.